The van der Waals surface area contributed by atoms with Gasteiger partial charge in [-0.25, -0.2) is 0 Å². The lowest BCUT2D eigenvalue weighted by Crippen LogP contribution is -2.41. The lowest BCUT2D eigenvalue weighted by molar-refractivity contribution is -0.135. The van der Waals surface area contributed by atoms with Crippen LogP contribution in [0.5, 0.6) is 0 Å². The summed E-state index contributed by atoms with van der Waals surface area (Å²) in [4.78, 5) is 20.2. The molecule has 1 aromatic rings. The molecule has 5 heteroatoms. The van der Waals surface area contributed by atoms with Crippen molar-refractivity contribution < 1.29 is 9.53 Å². The van der Waals surface area contributed by atoms with Gasteiger partial charge in [0.25, 0.3) is 0 Å². The molecule has 1 saturated carbocycles. The quantitative estimate of drug-likeness (QED) is 0.692. The predicted octanol–water partition coefficient (Wildman–Crippen LogP) is 4.65. The predicted molar refractivity (Wildman–Crippen MR) is 115 cm³/mol. The Morgan fingerprint density at radius 3 is 2.68 bits per heavy atom. The summed E-state index contributed by atoms with van der Waals surface area (Å²) >= 11 is 2.06. The Morgan fingerprint density at radius 1 is 1.04 bits per heavy atom. The van der Waals surface area contributed by atoms with Crippen molar-refractivity contribution in [2.75, 3.05) is 39.4 Å². The van der Waals surface area contributed by atoms with E-state index in [1.165, 1.54) is 56.4 Å². The maximum Gasteiger partial charge on any atom is 0.222 e. The molecular weight excluding hydrogens is 368 g/mol. The maximum absolute atomic E-state index is 12.4. The molecule has 1 amide bonds. The van der Waals surface area contributed by atoms with Crippen LogP contribution in [-0.4, -0.2) is 55.1 Å². The van der Waals surface area contributed by atoms with Crippen LogP contribution in [0.15, 0.2) is 12.1 Å². The van der Waals surface area contributed by atoms with E-state index in [1.807, 2.05) is 4.90 Å². The number of likely N-dealkylation sites (tertiary alicyclic amines) is 1. The first-order valence-electron chi connectivity index (χ1n) is 11.4. The van der Waals surface area contributed by atoms with Crippen LogP contribution in [0.1, 0.15) is 73.5 Å². The number of amides is 1. The molecule has 0 unspecified atom stereocenters. The summed E-state index contributed by atoms with van der Waals surface area (Å²) < 4.78 is 5.36. The van der Waals surface area contributed by atoms with E-state index >= 15 is 0 Å². The minimum atomic E-state index is 0.329. The molecule has 1 aliphatic carbocycles. The molecule has 0 radical (unpaired) electrons. The van der Waals surface area contributed by atoms with Crippen molar-refractivity contribution in [1.82, 2.24) is 9.80 Å². The molecule has 0 aromatic carbocycles. The summed E-state index contributed by atoms with van der Waals surface area (Å²) in [5.41, 5.74) is 0. The zero-order valence-electron chi connectivity index (χ0n) is 17.2. The molecule has 0 N–H and O–H groups in total. The molecule has 0 spiro atoms. The number of morpholine rings is 1. The molecule has 3 fully saturated rings. The third kappa shape index (κ3) is 5.58. The van der Waals surface area contributed by atoms with E-state index < -0.39 is 0 Å². The molecule has 28 heavy (non-hydrogen) atoms. The molecule has 4 nitrogen and oxygen atoms in total. The van der Waals surface area contributed by atoms with Gasteiger partial charge in [-0.1, -0.05) is 19.3 Å². The first-order valence-corrected chi connectivity index (χ1v) is 12.3. The zero-order chi connectivity index (χ0) is 19.2. The van der Waals surface area contributed by atoms with Crippen LogP contribution in [0.3, 0.4) is 0 Å². The highest BCUT2D eigenvalue weighted by atomic mass is 32.1. The largest absolute Gasteiger partial charge is 0.378 e. The van der Waals surface area contributed by atoms with Gasteiger partial charge in [0, 0.05) is 42.4 Å². The summed E-state index contributed by atoms with van der Waals surface area (Å²) in [5, 5.41) is 0. The Hall–Kier alpha value is -0.910. The van der Waals surface area contributed by atoms with Crippen molar-refractivity contribution in [2.24, 2.45) is 5.92 Å². The van der Waals surface area contributed by atoms with E-state index in [0.29, 0.717) is 31.5 Å². The topological polar surface area (TPSA) is 32.8 Å². The van der Waals surface area contributed by atoms with Crippen molar-refractivity contribution in [3.05, 3.63) is 21.9 Å². The fourth-order valence-electron chi connectivity index (χ4n) is 5.14. The Kier molecular flexibility index (Phi) is 7.43. The molecular formula is C23H36N2O2S. The molecule has 2 aliphatic heterocycles. The van der Waals surface area contributed by atoms with Crippen LogP contribution in [0, 0.1) is 5.92 Å². The Bertz CT molecular complexity index is 620. The van der Waals surface area contributed by atoms with Gasteiger partial charge >= 0.3 is 0 Å². The first kappa shape index (κ1) is 20.4. The number of hydrogen-bond acceptors (Lipinski definition) is 4. The molecule has 4 rings (SSSR count). The van der Waals surface area contributed by atoms with Crippen LogP contribution in [0.25, 0.3) is 0 Å². The second kappa shape index (κ2) is 10.2. The Balaban J connectivity index is 1.22. The second-order valence-corrected chi connectivity index (χ2v) is 10.1. The number of nitrogens with zero attached hydrogens (tertiary/aromatic N) is 2. The third-order valence-electron chi connectivity index (χ3n) is 6.80. The van der Waals surface area contributed by atoms with Gasteiger partial charge in [-0.3, -0.25) is 9.69 Å². The van der Waals surface area contributed by atoms with Crippen molar-refractivity contribution in [3.63, 3.8) is 0 Å². The lowest BCUT2D eigenvalue weighted by atomic mass is 9.88. The number of ether oxygens (including phenoxy) is 1. The van der Waals surface area contributed by atoms with Gasteiger partial charge in [-0.05, 0) is 62.6 Å². The normalized spacial score (nSPS) is 25.1. The van der Waals surface area contributed by atoms with E-state index in [0.717, 1.165) is 38.5 Å². The van der Waals surface area contributed by atoms with Crippen molar-refractivity contribution in [2.45, 2.75) is 70.3 Å². The van der Waals surface area contributed by atoms with Crippen molar-refractivity contribution in [1.29, 1.82) is 0 Å². The summed E-state index contributed by atoms with van der Waals surface area (Å²) in [5.74, 6) is 1.83. The maximum atomic E-state index is 12.4. The van der Waals surface area contributed by atoms with Gasteiger partial charge in [0.1, 0.15) is 0 Å². The van der Waals surface area contributed by atoms with Gasteiger partial charge < -0.3 is 9.64 Å². The molecule has 0 bridgehead atoms. The Labute approximate surface area is 174 Å². The minimum Gasteiger partial charge on any atom is -0.378 e. The van der Waals surface area contributed by atoms with Gasteiger partial charge in [0.15, 0.2) is 0 Å². The molecule has 3 aliphatic rings. The van der Waals surface area contributed by atoms with Gasteiger partial charge in [-0.15, -0.1) is 11.3 Å². The molecule has 3 heterocycles. The highest BCUT2D eigenvalue weighted by molar-refractivity contribution is 7.12. The van der Waals surface area contributed by atoms with E-state index in [1.54, 1.807) is 4.88 Å². The first-order chi connectivity index (χ1) is 13.8. The van der Waals surface area contributed by atoms with Crippen LogP contribution in [-0.2, 0) is 16.1 Å². The van der Waals surface area contributed by atoms with Crippen LogP contribution in [0.2, 0.25) is 0 Å². The standard InChI is InChI=1S/C23H36N2O2S/c26-23(25-13-15-27-16-14-25)11-8-19-5-4-12-24(17-19)18-21-9-10-22(28-21)20-6-2-1-3-7-20/h9-10,19-20H,1-8,11-18H2/t19-/m0/s1. The van der Waals surface area contributed by atoms with Gasteiger partial charge in [0.2, 0.25) is 5.91 Å². The fourth-order valence-corrected chi connectivity index (χ4v) is 6.36. The monoisotopic (exact) mass is 404 g/mol. The van der Waals surface area contributed by atoms with Crippen molar-refractivity contribution >= 4 is 17.2 Å². The summed E-state index contributed by atoms with van der Waals surface area (Å²) in [6.07, 6.45) is 11.4. The van der Waals surface area contributed by atoms with Crippen LogP contribution >= 0.6 is 11.3 Å². The summed E-state index contributed by atoms with van der Waals surface area (Å²) in [7, 11) is 0. The van der Waals surface area contributed by atoms with Crippen LogP contribution in [0.4, 0.5) is 0 Å². The van der Waals surface area contributed by atoms with E-state index in [-0.39, 0.29) is 0 Å². The van der Waals surface area contributed by atoms with E-state index in [4.69, 9.17) is 4.74 Å². The second-order valence-electron chi connectivity index (χ2n) is 8.91. The average Bonchev–Trinajstić information content (AvgIpc) is 3.22. The van der Waals surface area contributed by atoms with E-state index in [9.17, 15) is 4.79 Å². The third-order valence-corrected chi connectivity index (χ3v) is 8.04. The number of carbonyl (C=O) groups is 1. The SMILES string of the molecule is O=C(CC[C@@H]1CCCN(Cc2ccc(C3CCCCC3)s2)C1)N1CCOCC1. The summed E-state index contributed by atoms with van der Waals surface area (Å²) in [6, 6.07) is 4.78. The average molecular weight is 405 g/mol. The van der Waals surface area contributed by atoms with Crippen LogP contribution < -0.4 is 0 Å². The highest BCUT2D eigenvalue weighted by Gasteiger charge is 2.24. The smallest absolute Gasteiger partial charge is 0.222 e. The number of rotatable bonds is 6. The zero-order valence-corrected chi connectivity index (χ0v) is 18.1. The number of hydrogen-bond donors (Lipinski definition) is 0. The number of carbonyl (C=O) groups excluding carboxylic acids is 1. The lowest BCUT2D eigenvalue weighted by Gasteiger charge is -2.33. The Morgan fingerprint density at radius 2 is 1.86 bits per heavy atom. The van der Waals surface area contributed by atoms with Gasteiger partial charge in [0.05, 0.1) is 13.2 Å². The number of piperidine rings is 1. The van der Waals surface area contributed by atoms with Crippen molar-refractivity contribution in [3.8, 4) is 0 Å². The molecule has 2 saturated heterocycles. The minimum absolute atomic E-state index is 0.329. The molecule has 1 aromatic heterocycles. The molecule has 1 atom stereocenters. The number of thiophene rings is 1. The van der Waals surface area contributed by atoms with Gasteiger partial charge in [-0.2, -0.15) is 0 Å². The van der Waals surface area contributed by atoms with E-state index in [2.05, 4.69) is 28.4 Å². The summed E-state index contributed by atoms with van der Waals surface area (Å²) in [6.45, 7) is 6.43. The fraction of sp³-hybridized carbons (Fsp3) is 0.783. The highest BCUT2D eigenvalue weighted by Crippen LogP contribution is 2.36. The molecule has 156 valence electrons.